The lowest BCUT2D eigenvalue weighted by Crippen LogP contribution is -2.41. The predicted molar refractivity (Wildman–Crippen MR) is 71.5 cm³/mol. The summed E-state index contributed by atoms with van der Waals surface area (Å²) in [7, 11) is 0. The number of aliphatic carboxylic acids is 1. The Labute approximate surface area is 109 Å². The molecule has 0 aliphatic heterocycles. The summed E-state index contributed by atoms with van der Waals surface area (Å²) >= 11 is 0. The standard InChI is InChI=1S/C13H24N2O3/c1-5-15(9-10(2)3)13(18)14-8-6-7-11(4)12(16)17/h11H,2,5-9H2,1,3-4H3,(H,14,18)(H,16,17). The quantitative estimate of drug-likeness (QED) is 0.516. The first-order valence-electron chi connectivity index (χ1n) is 6.28. The molecule has 2 N–H and O–H groups in total. The van der Waals surface area contributed by atoms with Gasteiger partial charge in [0.15, 0.2) is 0 Å². The van der Waals surface area contributed by atoms with E-state index in [9.17, 15) is 9.59 Å². The second-order valence-electron chi connectivity index (χ2n) is 4.58. The summed E-state index contributed by atoms with van der Waals surface area (Å²) in [5.74, 6) is -1.15. The largest absolute Gasteiger partial charge is 0.481 e. The minimum absolute atomic E-state index is 0.122. The van der Waals surface area contributed by atoms with Crippen LogP contribution in [0.5, 0.6) is 0 Å². The van der Waals surface area contributed by atoms with Gasteiger partial charge in [-0.15, -0.1) is 0 Å². The molecule has 0 saturated carbocycles. The molecule has 0 aromatic carbocycles. The Morgan fingerprint density at radius 3 is 2.50 bits per heavy atom. The van der Waals surface area contributed by atoms with Gasteiger partial charge in [-0.3, -0.25) is 4.79 Å². The zero-order valence-electron chi connectivity index (χ0n) is 11.5. The number of likely N-dealkylation sites (N-methyl/N-ethyl adjacent to an activating group) is 1. The van der Waals surface area contributed by atoms with Crippen molar-refractivity contribution in [1.82, 2.24) is 10.2 Å². The van der Waals surface area contributed by atoms with Crippen LogP contribution in [0.2, 0.25) is 0 Å². The molecule has 0 rings (SSSR count). The van der Waals surface area contributed by atoms with Gasteiger partial charge in [0.05, 0.1) is 5.92 Å². The van der Waals surface area contributed by atoms with E-state index >= 15 is 0 Å². The van der Waals surface area contributed by atoms with E-state index in [2.05, 4.69) is 11.9 Å². The van der Waals surface area contributed by atoms with Gasteiger partial charge in [0.25, 0.3) is 0 Å². The molecular formula is C13H24N2O3. The number of urea groups is 1. The summed E-state index contributed by atoms with van der Waals surface area (Å²) in [5, 5.41) is 11.5. The minimum atomic E-state index is -0.793. The van der Waals surface area contributed by atoms with Crippen LogP contribution in [0.1, 0.15) is 33.6 Å². The third-order valence-electron chi connectivity index (χ3n) is 2.64. The highest BCUT2D eigenvalue weighted by Gasteiger charge is 2.12. The van der Waals surface area contributed by atoms with Gasteiger partial charge in [-0.25, -0.2) is 4.79 Å². The number of nitrogens with zero attached hydrogens (tertiary/aromatic N) is 1. The first-order chi connectivity index (χ1) is 8.38. The molecule has 0 aliphatic carbocycles. The highest BCUT2D eigenvalue weighted by atomic mass is 16.4. The van der Waals surface area contributed by atoms with Crippen LogP contribution >= 0.6 is 0 Å². The highest BCUT2D eigenvalue weighted by molar-refractivity contribution is 5.74. The van der Waals surface area contributed by atoms with Gasteiger partial charge < -0.3 is 15.3 Å². The van der Waals surface area contributed by atoms with Crippen molar-refractivity contribution >= 4 is 12.0 Å². The third-order valence-corrected chi connectivity index (χ3v) is 2.64. The van der Waals surface area contributed by atoms with Gasteiger partial charge in [0, 0.05) is 19.6 Å². The number of nitrogens with one attached hydrogen (secondary N) is 1. The molecule has 18 heavy (non-hydrogen) atoms. The van der Waals surface area contributed by atoms with Crippen molar-refractivity contribution in [2.45, 2.75) is 33.6 Å². The summed E-state index contributed by atoms with van der Waals surface area (Å²) in [4.78, 5) is 24.0. The maximum absolute atomic E-state index is 11.7. The summed E-state index contributed by atoms with van der Waals surface area (Å²) in [6, 6.07) is -0.122. The van der Waals surface area contributed by atoms with Crippen molar-refractivity contribution in [1.29, 1.82) is 0 Å². The van der Waals surface area contributed by atoms with Crippen LogP contribution in [0.15, 0.2) is 12.2 Å². The monoisotopic (exact) mass is 256 g/mol. The molecule has 0 radical (unpaired) electrons. The lowest BCUT2D eigenvalue weighted by Gasteiger charge is -2.21. The van der Waals surface area contributed by atoms with Gasteiger partial charge in [-0.1, -0.05) is 19.1 Å². The van der Waals surface area contributed by atoms with Crippen LogP contribution in [-0.2, 0) is 4.79 Å². The Morgan fingerprint density at radius 2 is 2.06 bits per heavy atom. The number of carboxylic acids is 1. The summed E-state index contributed by atoms with van der Waals surface area (Å²) in [6.07, 6.45) is 1.24. The van der Waals surface area contributed by atoms with Gasteiger partial charge >= 0.3 is 12.0 Å². The van der Waals surface area contributed by atoms with Gasteiger partial charge in [-0.2, -0.15) is 0 Å². The molecule has 1 atom stereocenters. The molecule has 0 heterocycles. The van der Waals surface area contributed by atoms with E-state index in [0.717, 1.165) is 5.57 Å². The number of carboxylic acid groups (broad SMARTS) is 1. The SMILES string of the molecule is C=C(C)CN(CC)C(=O)NCCCC(C)C(=O)O. The van der Waals surface area contributed by atoms with E-state index < -0.39 is 5.97 Å². The lowest BCUT2D eigenvalue weighted by molar-refractivity contribution is -0.141. The molecule has 0 bridgehead atoms. The zero-order chi connectivity index (χ0) is 14.1. The van der Waals surface area contributed by atoms with Crippen LogP contribution in [-0.4, -0.2) is 41.6 Å². The molecule has 5 nitrogen and oxygen atoms in total. The molecule has 5 heteroatoms. The summed E-state index contributed by atoms with van der Waals surface area (Å²) < 4.78 is 0. The average Bonchev–Trinajstić information content (AvgIpc) is 2.30. The third kappa shape index (κ3) is 6.93. The Bertz CT molecular complexity index is 303. The maximum Gasteiger partial charge on any atom is 0.317 e. The molecule has 0 aliphatic rings. The number of hydrogen-bond donors (Lipinski definition) is 2. The molecule has 1 unspecified atom stereocenters. The van der Waals surface area contributed by atoms with Crippen LogP contribution in [0.3, 0.4) is 0 Å². The minimum Gasteiger partial charge on any atom is -0.481 e. The Hall–Kier alpha value is -1.52. The first kappa shape index (κ1) is 16.5. The fraction of sp³-hybridized carbons (Fsp3) is 0.692. The normalized spacial score (nSPS) is 11.7. The lowest BCUT2D eigenvalue weighted by atomic mass is 10.1. The Morgan fingerprint density at radius 1 is 1.44 bits per heavy atom. The molecule has 0 saturated heterocycles. The van der Waals surface area contributed by atoms with Crippen LogP contribution in [0, 0.1) is 5.92 Å². The number of rotatable bonds is 8. The number of carbonyl (C=O) groups is 2. The fourth-order valence-corrected chi connectivity index (χ4v) is 1.49. The molecule has 2 amide bonds. The number of carbonyl (C=O) groups excluding carboxylic acids is 1. The molecule has 104 valence electrons. The zero-order valence-corrected chi connectivity index (χ0v) is 11.5. The first-order valence-corrected chi connectivity index (χ1v) is 6.28. The number of hydrogen-bond acceptors (Lipinski definition) is 2. The molecule has 0 aromatic rings. The van der Waals surface area contributed by atoms with Crippen molar-refractivity contribution in [3.63, 3.8) is 0 Å². The van der Waals surface area contributed by atoms with Gasteiger partial charge in [-0.05, 0) is 26.7 Å². The van der Waals surface area contributed by atoms with Crippen molar-refractivity contribution in [3.8, 4) is 0 Å². The molecular weight excluding hydrogens is 232 g/mol. The second-order valence-corrected chi connectivity index (χ2v) is 4.58. The van der Waals surface area contributed by atoms with E-state index in [1.165, 1.54) is 0 Å². The molecule has 0 aromatic heterocycles. The smallest absolute Gasteiger partial charge is 0.317 e. The van der Waals surface area contributed by atoms with E-state index in [4.69, 9.17) is 5.11 Å². The summed E-state index contributed by atoms with van der Waals surface area (Å²) in [6.45, 7) is 10.9. The van der Waals surface area contributed by atoms with E-state index in [1.54, 1.807) is 11.8 Å². The van der Waals surface area contributed by atoms with Gasteiger partial charge in [0.2, 0.25) is 0 Å². The van der Waals surface area contributed by atoms with Crippen molar-refractivity contribution in [3.05, 3.63) is 12.2 Å². The van der Waals surface area contributed by atoms with Crippen molar-refractivity contribution in [2.75, 3.05) is 19.6 Å². The molecule has 0 spiro atoms. The van der Waals surface area contributed by atoms with E-state index in [0.29, 0.717) is 32.5 Å². The van der Waals surface area contributed by atoms with Crippen LogP contribution in [0.25, 0.3) is 0 Å². The van der Waals surface area contributed by atoms with Crippen LogP contribution in [0.4, 0.5) is 4.79 Å². The summed E-state index contributed by atoms with van der Waals surface area (Å²) in [5.41, 5.74) is 0.937. The predicted octanol–water partition coefficient (Wildman–Crippen LogP) is 2.09. The van der Waals surface area contributed by atoms with E-state index in [-0.39, 0.29) is 11.9 Å². The number of amides is 2. The Kier molecular flexibility index (Phi) is 7.83. The van der Waals surface area contributed by atoms with E-state index in [1.807, 2.05) is 13.8 Å². The molecule has 0 fully saturated rings. The van der Waals surface area contributed by atoms with Crippen molar-refractivity contribution < 1.29 is 14.7 Å². The Balaban J connectivity index is 3.88. The van der Waals surface area contributed by atoms with Crippen molar-refractivity contribution in [2.24, 2.45) is 5.92 Å². The average molecular weight is 256 g/mol. The van der Waals surface area contributed by atoms with Gasteiger partial charge in [0.1, 0.15) is 0 Å². The highest BCUT2D eigenvalue weighted by Crippen LogP contribution is 2.04. The van der Waals surface area contributed by atoms with Crippen LogP contribution < -0.4 is 5.32 Å². The fourth-order valence-electron chi connectivity index (χ4n) is 1.49. The topological polar surface area (TPSA) is 69.6 Å². The maximum atomic E-state index is 11.7. The second kappa shape index (κ2) is 8.55.